The van der Waals surface area contributed by atoms with Crippen LogP contribution < -0.4 is 5.73 Å². The highest BCUT2D eigenvalue weighted by molar-refractivity contribution is 6.50. The number of esters is 1. The molecule has 1 rings (SSSR count). The van der Waals surface area contributed by atoms with Crippen LogP contribution in [0.25, 0.3) is 0 Å². The number of halogens is 4. The Bertz CT molecular complexity index is 143. The molecule has 0 amide bonds. The van der Waals surface area contributed by atoms with Gasteiger partial charge in [-0.3, -0.25) is 0 Å². The molecule has 0 saturated carbocycles. The minimum atomic E-state index is -6.00. The summed E-state index contributed by atoms with van der Waals surface area (Å²) in [6, 6.07) is -0.0787. The van der Waals surface area contributed by atoms with Crippen molar-refractivity contribution in [3.8, 4) is 0 Å². The summed E-state index contributed by atoms with van der Waals surface area (Å²) in [5.41, 5.74) is 3.45. The third-order valence-corrected chi connectivity index (χ3v) is 0.760. The smallest absolute Gasteiger partial charge is 0.454 e. The first-order valence-electron chi connectivity index (χ1n) is 2.67. The molecule has 1 saturated heterocycles. The Hall–Kier alpha value is -0.785. The monoisotopic (exact) mass is 175 g/mol. The molecule has 0 radical (unpaired) electrons. The van der Waals surface area contributed by atoms with Crippen molar-refractivity contribution in [2.45, 2.75) is 6.04 Å². The van der Waals surface area contributed by atoms with Gasteiger partial charge in [0, 0.05) is 0 Å². The zero-order valence-electron chi connectivity index (χ0n) is 5.40. The first-order valence-corrected chi connectivity index (χ1v) is 2.67. The fraction of sp³-hybridized carbons (Fsp3) is 0.667. The number of hydrogen-bond donors (Lipinski definition) is 1. The highest BCUT2D eigenvalue weighted by atomic mass is 19.5. The molecule has 0 aliphatic carbocycles. The zero-order valence-corrected chi connectivity index (χ0v) is 5.40. The fourth-order valence-electron chi connectivity index (χ4n) is 0.269. The molecule has 1 aliphatic rings. The van der Waals surface area contributed by atoms with E-state index in [2.05, 4.69) is 10.5 Å². The molecule has 0 aromatic heterocycles. The Balaban J connectivity index is 0.000000187. The third kappa shape index (κ3) is 7.11. The van der Waals surface area contributed by atoms with Crippen molar-refractivity contribution in [3.05, 3.63) is 0 Å². The molecular weight excluding hydrogens is 169 g/mol. The Morgan fingerprint density at radius 2 is 1.73 bits per heavy atom. The number of quaternary nitrogens is 1. The number of carbonyl (C=O) groups is 1. The molecule has 66 valence electrons. The molecule has 11 heavy (non-hydrogen) atoms. The van der Waals surface area contributed by atoms with Crippen molar-refractivity contribution in [2.75, 3.05) is 6.61 Å². The zero-order chi connectivity index (χ0) is 9.07. The lowest BCUT2D eigenvalue weighted by atomic mass is 10.3. The normalized spacial score (nSPS) is 22.6. The van der Waals surface area contributed by atoms with Gasteiger partial charge in [-0.2, -0.15) is 0 Å². The van der Waals surface area contributed by atoms with Crippen molar-refractivity contribution < 1.29 is 32.5 Å². The summed E-state index contributed by atoms with van der Waals surface area (Å²) in [7, 11) is -6.00. The van der Waals surface area contributed by atoms with Gasteiger partial charge in [-0.1, -0.05) is 0 Å². The summed E-state index contributed by atoms with van der Waals surface area (Å²) < 4.78 is 43.3. The lowest BCUT2D eigenvalue weighted by molar-refractivity contribution is -0.433. The van der Waals surface area contributed by atoms with Crippen LogP contribution in [0.1, 0.15) is 0 Å². The highest BCUT2D eigenvalue weighted by Gasteiger charge is 2.29. The van der Waals surface area contributed by atoms with Crippen molar-refractivity contribution >= 4 is 13.2 Å². The number of cyclic esters (lactones) is 1. The van der Waals surface area contributed by atoms with Crippen molar-refractivity contribution in [2.24, 2.45) is 0 Å². The van der Waals surface area contributed by atoms with E-state index < -0.39 is 7.25 Å². The standard InChI is InChI=1S/C3H5NO2.BF4/c4-2-1-6-3(2)5;2-1(3,4)5/h2H,1,4H2;/q;-1/p+1/t2-;/m0./s1. The van der Waals surface area contributed by atoms with Crippen LogP contribution in [0.5, 0.6) is 0 Å². The Morgan fingerprint density at radius 3 is 1.73 bits per heavy atom. The van der Waals surface area contributed by atoms with E-state index >= 15 is 0 Å². The number of rotatable bonds is 0. The van der Waals surface area contributed by atoms with Crippen LogP contribution in [-0.4, -0.2) is 25.9 Å². The van der Waals surface area contributed by atoms with Gasteiger partial charge < -0.3 is 27.7 Å². The van der Waals surface area contributed by atoms with Crippen LogP contribution in [0.2, 0.25) is 0 Å². The van der Waals surface area contributed by atoms with Crippen LogP contribution in [0.15, 0.2) is 0 Å². The second kappa shape index (κ2) is 3.56. The maximum atomic E-state index is 9.95. The topological polar surface area (TPSA) is 53.9 Å². The van der Waals surface area contributed by atoms with E-state index in [0.29, 0.717) is 6.61 Å². The van der Waals surface area contributed by atoms with E-state index in [1.807, 2.05) is 0 Å². The Labute approximate surface area is 59.6 Å². The number of hydrogen-bond acceptors (Lipinski definition) is 2. The summed E-state index contributed by atoms with van der Waals surface area (Å²) in [5, 5.41) is 0. The van der Waals surface area contributed by atoms with E-state index in [-0.39, 0.29) is 12.0 Å². The van der Waals surface area contributed by atoms with Gasteiger partial charge in [0.1, 0.15) is 0 Å². The summed E-state index contributed by atoms with van der Waals surface area (Å²) in [6.45, 7) is 0.513. The van der Waals surface area contributed by atoms with Crippen LogP contribution in [0.4, 0.5) is 17.3 Å². The molecule has 3 nitrogen and oxygen atoms in total. The average molecular weight is 175 g/mol. The third-order valence-electron chi connectivity index (χ3n) is 0.760. The summed E-state index contributed by atoms with van der Waals surface area (Å²) in [5.74, 6) is -0.171. The van der Waals surface area contributed by atoms with Gasteiger partial charge in [0.2, 0.25) is 6.04 Å². The van der Waals surface area contributed by atoms with Gasteiger partial charge in [-0.15, -0.1) is 0 Å². The van der Waals surface area contributed by atoms with Crippen LogP contribution in [0, 0.1) is 0 Å². The predicted molar refractivity (Wildman–Crippen MR) is 27.8 cm³/mol. The van der Waals surface area contributed by atoms with E-state index in [1.165, 1.54) is 0 Å². The minimum Gasteiger partial charge on any atom is -0.454 e. The second-order valence-electron chi connectivity index (χ2n) is 1.82. The van der Waals surface area contributed by atoms with Crippen molar-refractivity contribution in [3.63, 3.8) is 0 Å². The Morgan fingerprint density at radius 1 is 1.45 bits per heavy atom. The molecule has 1 heterocycles. The molecule has 0 bridgehead atoms. The molecule has 8 heteroatoms. The average Bonchev–Trinajstić information content (AvgIpc) is 1.80. The van der Waals surface area contributed by atoms with E-state index in [9.17, 15) is 22.1 Å². The lowest BCUT2D eigenvalue weighted by Gasteiger charge is -2.15. The molecule has 0 aromatic rings. The quantitative estimate of drug-likeness (QED) is 0.305. The summed E-state index contributed by atoms with van der Waals surface area (Å²) in [4.78, 5) is 9.95. The summed E-state index contributed by atoms with van der Waals surface area (Å²) in [6.07, 6.45) is 0. The largest absolute Gasteiger partial charge is 0.673 e. The maximum absolute atomic E-state index is 9.95. The van der Waals surface area contributed by atoms with E-state index in [0.717, 1.165) is 0 Å². The second-order valence-corrected chi connectivity index (χ2v) is 1.82. The van der Waals surface area contributed by atoms with Crippen LogP contribution >= 0.6 is 0 Å². The molecule has 0 unspecified atom stereocenters. The van der Waals surface area contributed by atoms with Gasteiger partial charge in [-0.05, 0) is 0 Å². The van der Waals surface area contributed by atoms with E-state index in [4.69, 9.17) is 0 Å². The maximum Gasteiger partial charge on any atom is 0.673 e. The molecule has 0 aromatic carbocycles. The van der Waals surface area contributed by atoms with Gasteiger partial charge in [0.05, 0.1) is 0 Å². The number of carbonyl (C=O) groups excluding carboxylic acids is 1. The minimum absolute atomic E-state index is 0.0787. The Kier molecular flexibility index (Phi) is 3.31. The van der Waals surface area contributed by atoms with Crippen LogP contribution in [-0.2, 0) is 9.53 Å². The van der Waals surface area contributed by atoms with Gasteiger partial charge >= 0.3 is 13.2 Å². The highest BCUT2D eigenvalue weighted by Crippen LogP contribution is 2.06. The van der Waals surface area contributed by atoms with Crippen molar-refractivity contribution in [1.82, 2.24) is 0 Å². The van der Waals surface area contributed by atoms with Crippen LogP contribution in [0.3, 0.4) is 0 Å². The predicted octanol–water partition coefficient (Wildman–Crippen LogP) is -0.546. The van der Waals surface area contributed by atoms with Gasteiger partial charge in [0.15, 0.2) is 6.61 Å². The first-order chi connectivity index (χ1) is 4.80. The first kappa shape index (κ1) is 10.2. The molecule has 0 spiro atoms. The van der Waals surface area contributed by atoms with Gasteiger partial charge in [0.25, 0.3) is 0 Å². The molecule has 1 aliphatic heterocycles. The van der Waals surface area contributed by atoms with E-state index in [1.54, 1.807) is 0 Å². The molecule has 1 atom stereocenters. The molecule has 1 fully saturated rings. The summed E-state index contributed by atoms with van der Waals surface area (Å²) >= 11 is 0. The number of ether oxygens (including phenoxy) is 1. The SMILES string of the molecule is F[B-](F)(F)F.[NH3+][C@H]1COC1=O. The van der Waals surface area contributed by atoms with Gasteiger partial charge in [-0.25, -0.2) is 4.79 Å². The molecule has 3 N–H and O–H groups in total. The fourth-order valence-corrected chi connectivity index (χ4v) is 0.269. The lowest BCUT2D eigenvalue weighted by Crippen LogP contribution is -2.72. The van der Waals surface area contributed by atoms with Crippen molar-refractivity contribution in [1.29, 1.82) is 0 Å². The molecular formula is C3H6BF4NO2.